The van der Waals surface area contributed by atoms with Gasteiger partial charge in [0.1, 0.15) is 11.9 Å². The SMILES string of the molecule is Cc1[nH]c(C(C)O)nc1-c1cc(C(=O)O)c(C)c(C)c1C. The first-order valence-electron chi connectivity index (χ1n) is 6.83. The van der Waals surface area contributed by atoms with Gasteiger partial charge in [-0.05, 0) is 57.4 Å². The molecule has 0 saturated carbocycles. The summed E-state index contributed by atoms with van der Waals surface area (Å²) in [5.74, 6) is -0.460. The summed E-state index contributed by atoms with van der Waals surface area (Å²) < 4.78 is 0. The molecule has 0 aliphatic carbocycles. The maximum atomic E-state index is 11.4. The third-order valence-electron chi connectivity index (χ3n) is 4.01. The Morgan fingerprint density at radius 1 is 1.19 bits per heavy atom. The number of hydrogen-bond donors (Lipinski definition) is 3. The van der Waals surface area contributed by atoms with Crippen LogP contribution in [0.3, 0.4) is 0 Å². The van der Waals surface area contributed by atoms with Crippen molar-refractivity contribution in [1.82, 2.24) is 9.97 Å². The van der Waals surface area contributed by atoms with Crippen LogP contribution in [0.15, 0.2) is 6.07 Å². The highest BCUT2D eigenvalue weighted by molar-refractivity contribution is 5.92. The van der Waals surface area contributed by atoms with E-state index >= 15 is 0 Å². The number of nitrogens with one attached hydrogen (secondary N) is 1. The van der Waals surface area contributed by atoms with Gasteiger partial charge in [0, 0.05) is 11.3 Å². The van der Waals surface area contributed by atoms with Crippen molar-refractivity contribution in [2.45, 2.75) is 40.7 Å². The molecule has 1 unspecified atom stereocenters. The van der Waals surface area contributed by atoms with E-state index in [2.05, 4.69) is 9.97 Å². The summed E-state index contributed by atoms with van der Waals surface area (Å²) in [5.41, 5.74) is 5.30. The highest BCUT2D eigenvalue weighted by Gasteiger charge is 2.19. The number of aryl methyl sites for hydroxylation is 1. The van der Waals surface area contributed by atoms with E-state index in [9.17, 15) is 15.0 Å². The smallest absolute Gasteiger partial charge is 0.335 e. The Hall–Kier alpha value is -2.14. The fourth-order valence-corrected chi connectivity index (χ4v) is 2.46. The Morgan fingerprint density at radius 3 is 2.29 bits per heavy atom. The number of carboxylic acid groups (broad SMARTS) is 1. The van der Waals surface area contributed by atoms with Crippen molar-refractivity contribution in [3.05, 3.63) is 39.8 Å². The summed E-state index contributed by atoms with van der Waals surface area (Å²) in [5, 5.41) is 19.0. The largest absolute Gasteiger partial charge is 0.478 e. The molecule has 0 fully saturated rings. The first-order valence-corrected chi connectivity index (χ1v) is 6.83. The topological polar surface area (TPSA) is 86.2 Å². The number of hydrogen-bond acceptors (Lipinski definition) is 3. The number of H-pyrrole nitrogens is 1. The molecule has 0 bridgehead atoms. The summed E-state index contributed by atoms with van der Waals surface area (Å²) in [6.07, 6.45) is -0.691. The van der Waals surface area contributed by atoms with Gasteiger partial charge in [-0.1, -0.05) is 0 Å². The molecule has 2 rings (SSSR count). The van der Waals surface area contributed by atoms with Crippen LogP contribution >= 0.6 is 0 Å². The molecule has 0 amide bonds. The van der Waals surface area contributed by atoms with Gasteiger partial charge in [0.2, 0.25) is 0 Å². The Bertz CT molecular complexity index is 715. The number of aromatic nitrogens is 2. The van der Waals surface area contributed by atoms with Gasteiger partial charge in [-0.2, -0.15) is 0 Å². The molecule has 5 heteroatoms. The summed E-state index contributed by atoms with van der Waals surface area (Å²) in [6.45, 7) is 9.19. The number of imidazole rings is 1. The van der Waals surface area contributed by atoms with Crippen LogP contribution in [-0.4, -0.2) is 26.2 Å². The maximum Gasteiger partial charge on any atom is 0.335 e. The molecule has 1 atom stereocenters. The first kappa shape index (κ1) is 15.3. The number of aromatic carboxylic acids is 1. The van der Waals surface area contributed by atoms with Gasteiger partial charge in [-0.25, -0.2) is 9.78 Å². The Morgan fingerprint density at radius 2 is 1.81 bits per heavy atom. The lowest BCUT2D eigenvalue weighted by Crippen LogP contribution is -2.04. The summed E-state index contributed by atoms with van der Waals surface area (Å²) >= 11 is 0. The molecular weight excluding hydrogens is 268 g/mol. The molecule has 0 radical (unpaired) electrons. The molecule has 0 spiro atoms. The zero-order chi connectivity index (χ0) is 15.9. The molecule has 1 aromatic carbocycles. The Labute approximate surface area is 123 Å². The fourth-order valence-electron chi connectivity index (χ4n) is 2.46. The molecule has 0 aliphatic heterocycles. The van der Waals surface area contributed by atoms with Crippen LogP contribution in [0.1, 0.15) is 51.6 Å². The van der Waals surface area contributed by atoms with E-state index in [1.165, 1.54) is 0 Å². The Balaban J connectivity index is 2.72. The number of benzene rings is 1. The maximum absolute atomic E-state index is 11.4. The molecule has 112 valence electrons. The average Bonchev–Trinajstić information content (AvgIpc) is 2.78. The highest BCUT2D eigenvalue weighted by Crippen LogP contribution is 2.31. The monoisotopic (exact) mass is 288 g/mol. The van der Waals surface area contributed by atoms with E-state index in [1.807, 2.05) is 27.7 Å². The molecule has 21 heavy (non-hydrogen) atoms. The van der Waals surface area contributed by atoms with E-state index in [1.54, 1.807) is 13.0 Å². The molecule has 3 N–H and O–H groups in total. The minimum absolute atomic E-state index is 0.286. The fraction of sp³-hybridized carbons (Fsp3) is 0.375. The standard InChI is InChI=1S/C16H20N2O3/c1-7-8(2)12(6-13(9(7)3)16(20)21)14-10(4)17-15(18-14)11(5)19/h6,11,19H,1-5H3,(H,17,18)(H,20,21). The van der Waals surface area contributed by atoms with Gasteiger partial charge in [0.25, 0.3) is 0 Å². The molecule has 0 saturated heterocycles. The molecule has 5 nitrogen and oxygen atoms in total. The van der Waals surface area contributed by atoms with E-state index < -0.39 is 12.1 Å². The highest BCUT2D eigenvalue weighted by atomic mass is 16.4. The van der Waals surface area contributed by atoms with E-state index in [0.29, 0.717) is 11.5 Å². The zero-order valence-corrected chi connectivity index (χ0v) is 12.9. The number of carboxylic acids is 1. The number of rotatable bonds is 3. The van der Waals surface area contributed by atoms with Crippen LogP contribution in [0.4, 0.5) is 0 Å². The molecule has 0 aliphatic rings. The van der Waals surface area contributed by atoms with Crippen molar-refractivity contribution in [3.8, 4) is 11.3 Å². The summed E-state index contributed by atoms with van der Waals surface area (Å²) in [6, 6.07) is 1.66. The quantitative estimate of drug-likeness (QED) is 0.810. The van der Waals surface area contributed by atoms with E-state index in [0.717, 1.165) is 27.9 Å². The van der Waals surface area contributed by atoms with Crippen molar-refractivity contribution in [2.75, 3.05) is 0 Å². The second-order valence-corrected chi connectivity index (χ2v) is 5.42. The zero-order valence-electron chi connectivity index (χ0n) is 12.9. The van der Waals surface area contributed by atoms with Crippen LogP contribution in [0, 0.1) is 27.7 Å². The van der Waals surface area contributed by atoms with E-state index in [4.69, 9.17) is 0 Å². The van der Waals surface area contributed by atoms with Crippen molar-refractivity contribution >= 4 is 5.97 Å². The predicted octanol–water partition coefficient (Wildman–Crippen LogP) is 3.06. The first-order chi connectivity index (χ1) is 9.73. The van der Waals surface area contributed by atoms with Gasteiger partial charge in [0.05, 0.1) is 11.3 Å². The van der Waals surface area contributed by atoms with Gasteiger partial charge < -0.3 is 15.2 Å². The van der Waals surface area contributed by atoms with Crippen molar-refractivity contribution in [1.29, 1.82) is 0 Å². The number of aliphatic hydroxyl groups is 1. The summed E-state index contributed by atoms with van der Waals surface area (Å²) in [4.78, 5) is 18.9. The second kappa shape index (κ2) is 5.33. The lowest BCUT2D eigenvalue weighted by molar-refractivity contribution is 0.0696. The van der Waals surface area contributed by atoms with Crippen molar-refractivity contribution in [3.63, 3.8) is 0 Å². The summed E-state index contributed by atoms with van der Waals surface area (Å²) in [7, 11) is 0. The predicted molar refractivity (Wildman–Crippen MR) is 80.6 cm³/mol. The van der Waals surface area contributed by atoms with Gasteiger partial charge >= 0.3 is 5.97 Å². The number of aliphatic hydroxyl groups excluding tert-OH is 1. The third-order valence-corrected chi connectivity index (χ3v) is 4.01. The minimum atomic E-state index is -0.944. The van der Waals surface area contributed by atoms with Crippen LogP contribution in [0.5, 0.6) is 0 Å². The second-order valence-electron chi connectivity index (χ2n) is 5.42. The van der Waals surface area contributed by atoms with Crippen LogP contribution in [0.25, 0.3) is 11.3 Å². The normalized spacial score (nSPS) is 12.5. The van der Waals surface area contributed by atoms with Crippen molar-refractivity contribution in [2.24, 2.45) is 0 Å². The number of carbonyl (C=O) groups is 1. The third kappa shape index (κ3) is 2.56. The van der Waals surface area contributed by atoms with Gasteiger partial charge in [-0.3, -0.25) is 0 Å². The molecule has 2 aromatic rings. The van der Waals surface area contributed by atoms with Crippen molar-refractivity contribution < 1.29 is 15.0 Å². The number of aromatic amines is 1. The van der Waals surface area contributed by atoms with Crippen LogP contribution in [-0.2, 0) is 0 Å². The van der Waals surface area contributed by atoms with Crippen LogP contribution < -0.4 is 0 Å². The van der Waals surface area contributed by atoms with E-state index in [-0.39, 0.29) is 5.56 Å². The Kier molecular flexibility index (Phi) is 3.87. The van der Waals surface area contributed by atoms with Gasteiger partial charge in [-0.15, -0.1) is 0 Å². The number of nitrogens with zero attached hydrogens (tertiary/aromatic N) is 1. The molecule has 1 aromatic heterocycles. The molecule has 1 heterocycles. The lowest BCUT2D eigenvalue weighted by Gasteiger charge is -2.13. The average molecular weight is 288 g/mol. The van der Waals surface area contributed by atoms with Crippen LogP contribution in [0.2, 0.25) is 0 Å². The lowest BCUT2D eigenvalue weighted by atomic mass is 9.92. The molecular formula is C16H20N2O3. The minimum Gasteiger partial charge on any atom is -0.478 e. The van der Waals surface area contributed by atoms with Gasteiger partial charge in [0.15, 0.2) is 0 Å².